The van der Waals surface area contributed by atoms with E-state index in [4.69, 9.17) is 11.6 Å². The van der Waals surface area contributed by atoms with E-state index in [2.05, 4.69) is 10.6 Å². The maximum atomic E-state index is 12.7. The molecule has 0 saturated heterocycles. The lowest BCUT2D eigenvalue weighted by Gasteiger charge is -2.25. The molecule has 1 fully saturated rings. The molecular weight excluding hydrogens is 370 g/mol. The van der Waals surface area contributed by atoms with Crippen molar-refractivity contribution in [2.24, 2.45) is 5.92 Å². The van der Waals surface area contributed by atoms with Gasteiger partial charge in [-0.3, -0.25) is 19.7 Å². The number of amides is 2. The Hall–Kier alpha value is -2.15. The van der Waals surface area contributed by atoms with E-state index in [-0.39, 0.29) is 34.1 Å². The zero-order chi connectivity index (χ0) is 20.0. The highest BCUT2D eigenvalue weighted by Crippen LogP contribution is 2.25. The number of carbonyl (C=O) groups excluding carboxylic acids is 2. The van der Waals surface area contributed by atoms with Crippen molar-refractivity contribution in [3.8, 4) is 0 Å². The average Bonchev–Trinajstić information content (AvgIpc) is 2.87. The van der Waals surface area contributed by atoms with Gasteiger partial charge in [0.05, 0.1) is 4.92 Å². The predicted octanol–water partition coefficient (Wildman–Crippen LogP) is 3.84. The molecule has 1 aromatic carbocycles. The van der Waals surface area contributed by atoms with E-state index in [9.17, 15) is 19.7 Å². The summed E-state index contributed by atoms with van der Waals surface area (Å²) in [5.41, 5.74) is -0.243. The smallest absolute Gasteiger partial charge is 0.288 e. The molecular formula is C19H26ClN3O4. The highest BCUT2D eigenvalue weighted by atomic mass is 35.5. The van der Waals surface area contributed by atoms with Crippen molar-refractivity contribution in [3.05, 3.63) is 38.9 Å². The molecule has 0 heterocycles. The number of carbonyl (C=O) groups is 2. The molecule has 7 nitrogen and oxygen atoms in total. The Balaban J connectivity index is 2.08. The lowest BCUT2D eigenvalue weighted by atomic mass is 10.0. The number of nitro benzene ring substituents is 1. The largest absolute Gasteiger partial charge is 0.352 e. The molecule has 2 N–H and O–H groups in total. The van der Waals surface area contributed by atoms with Crippen LogP contribution in [0.1, 0.15) is 62.7 Å². The van der Waals surface area contributed by atoms with E-state index < -0.39 is 16.9 Å². The highest BCUT2D eigenvalue weighted by molar-refractivity contribution is 6.32. The lowest BCUT2D eigenvalue weighted by molar-refractivity contribution is -0.384. The van der Waals surface area contributed by atoms with Crippen LogP contribution in [0.4, 0.5) is 5.69 Å². The first-order valence-electron chi connectivity index (χ1n) is 9.34. The van der Waals surface area contributed by atoms with Gasteiger partial charge >= 0.3 is 0 Å². The topological polar surface area (TPSA) is 101 Å². The van der Waals surface area contributed by atoms with E-state index in [1.165, 1.54) is 25.0 Å². The van der Waals surface area contributed by atoms with Crippen LogP contribution in [0.15, 0.2) is 18.2 Å². The number of rotatable bonds is 6. The van der Waals surface area contributed by atoms with Crippen molar-refractivity contribution >= 4 is 29.1 Å². The molecule has 0 radical (unpaired) electrons. The van der Waals surface area contributed by atoms with Gasteiger partial charge in [-0.05, 0) is 30.9 Å². The van der Waals surface area contributed by atoms with Crippen molar-refractivity contribution < 1.29 is 14.5 Å². The van der Waals surface area contributed by atoms with Crippen molar-refractivity contribution in [1.82, 2.24) is 10.6 Å². The summed E-state index contributed by atoms with van der Waals surface area (Å²) < 4.78 is 0. The summed E-state index contributed by atoms with van der Waals surface area (Å²) >= 11 is 5.79. The number of hydrogen-bond acceptors (Lipinski definition) is 4. The van der Waals surface area contributed by atoms with Gasteiger partial charge in [-0.15, -0.1) is 0 Å². The fourth-order valence-corrected chi connectivity index (χ4v) is 3.45. The summed E-state index contributed by atoms with van der Waals surface area (Å²) in [6, 6.07) is 3.26. The molecule has 0 bridgehead atoms. The van der Waals surface area contributed by atoms with Crippen LogP contribution in [0.2, 0.25) is 5.02 Å². The molecule has 0 spiro atoms. The van der Waals surface area contributed by atoms with Crippen molar-refractivity contribution in [3.63, 3.8) is 0 Å². The van der Waals surface area contributed by atoms with Gasteiger partial charge in [-0.2, -0.15) is 0 Å². The van der Waals surface area contributed by atoms with Crippen molar-refractivity contribution in [2.75, 3.05) is 0 Å². The minimum Gasteiger partial charge on any atom is -0.352 e. The first-order valence-corrected chi connectivity index (χ1v) is 9.72. The number of benzene rings is 1. The molecule has 0 aliphatic heterocycles. The minimum atomic E-state index is -0.713. The number of nitrogens with one attached hydrogen (secondary N) is 2. The number of hydrogen-bond donors (Lipinski definition) is 2. The van der Waals surface area contributed by atoms with Gasteiger partial charge < -0.3 is 10.6 Å². The van der Waals surface area contributed by atoms with Gasteiger partial charge in [0.15, 0.2) is 0 Å². The second-order valence-electron chi connectivity index (χ2n) is 7.32. The third kappa shape index (κ3) is 5.92. The molecule has 1 unspecified atom stereocenters. The Labute approximate surface area is 164 Å². The Kier molecular flexibility index (Phi) is 7.59. The minimum absolute atomic E-state index is 0.0388. The molecule has 1 atom stereocenters. The van der Waals surface area contributed by atoms with Crippen LogP contribution in [0.3, 0.4) is 0 Å². The quantitative estimate of drug-likeness (QED) is 0.434. The van der Waals surface area contributed by atoms with E-state index in [1.807, 2.05) is 13.8 Å². The Morgan fingerprint density at radius 1 is 1.19 bits per heavy atom. The van der Waals surface area contributed by atoms with E-state index in [0.29, 0.717) is 0 Å². The zero-order valence-corrected chi connectivity index (χ0v) is 16.4. The Morgan fingerprint density at radius 2 is 1.81 bits per heavy atom. The number of halogens is 1. The predicted molar refractivity (Wildman–Crippen MR) is 104 cm³/mol. The fourth-order valence-electron chi connectivity index (χ4n) is 3.27. The third-order valence-electron chi connectivity index (χ3n) is 4.84. The van der Waals surface area contributed by atoms with Crippen molar-refractivity contribution in [2.45, 2.75) is 64.5 Å². The zero-order valence-electron chi connectivity index (χ0n) is 15.7. The molecule has 0 aromatic heterocycles. The molecule has 1 aliphatic rings. The Bertz CT molecular complexity index is 700. The molecule has 148 valence electrons. The molecule has 27 heavy (non-hydrogen) atoms. The lowest BCUT2D eigenvalue weighted by Crippen LogP contribution is -2.52. The SMILES string of the molecule is CC(C)C(NC(=O)c1ccc(Cl)c([N+](=O)[O-])c1)C(=O)NC1CCCCCC1. The van der Waals surface area contributed by atoms with Gasteiger partial charge in [0.1, 0.15) is 11.1 Å². The van der Waals surface area contributed by atoms with Crippen LogP contribution < -0.4 is 10.6 Å². The number of nitro groups is 1. The monoisotopic (exact) mass is 395 g/mol. The van der Waals surface area contributed by atoms with Gasteiger partial charge in [0.25, 0.3) is 11.6 Å². The summed E-state index contributed by atoms with van der Waals surface area (Å²) in [6.07, 6.45) is 6.47. The molecule has 1 saturated carbocycles. The second kappa shape index (κ2) is 9.69. The molecule has 1 aliphatic carbocycles. The maximum Gasteiger partial charge on any atom is 0.288 e. The number of nitrogens with zero attached hydrogens (tertiary/aromatic N) is 1. The summed E-state index contributed by atoms with van der Waals surface area (Å²) in [6.45, 7) is 3.70. The summed E-state index contributed by atoms with van der Waals surface area (Å²) in [7, 11) is 0. The maximum absolute atomic E-state index is 12.7. The van der Waals surface area contributed by atoms with Crippen LogP contribution in [0.5, 0.6) is 0 Å². The van der Waals surface area contributed by atoms with E-state index in [1.54, 1.807) is 0 Å². The standard InChI is InChI=1S/C19H26ClN3O4/c1-12(2)17(19(25)21-14-7-5-3-4-6-8-14)22-18(24)13-9-10-15(20)16(11-13)23(26)27/h9-12,14,17H,3-8H2,1-2H3,(H,21,25)(H,22,24). The fraction of sp³-hybridized carbons (Fsp3) is 0.579. The molecule has 1 aromatic rings. The molecule has 8 heteroatoms. The second-order valence-corrected chi connectivity index (χ2v) is 7.72. The molecule has 2 amide bonds. The van der Waals surface area contributed by atoms with Crippen LogP contribution in [-0.4, -0.2) is 28.8 Å². The summed E-state index contributed by atoms with van der Waals surface area (Å²) in [5.74, 6) is -0.875. The van der Waals surface area contributed by atoms with Gasteiger partial charge in [-0.25, -0.2) is 0 Å². The summed E-state index contributed by atoms with van der Waals surface area (Å²) in [5, 5.41) is 16.7. The van der Waals surface area contributed by atoms with Gasteiger partial charge in [0, 0.05) is 17.7 Å². The summed E-state index contributed by atoms with van der Waals surface area (Å²) in [4.78, 5) is 35.6. The third-order valence-corrected chi connectivity index (χ3v) is 5.16. The average molecular weight is 396 g/mol. The first kappa shape index (κ1) is 21.2. The first-order chi connectivity index (χ1) is 12.8. The van der Waals surface area contributed by atoms with Gasteiger partial charge in [0.2, 0.25) is 5.91 Å². The van der Waals surface area contributed by atoms with Crippen LogP contribution in [0, 0.1) is 16.0 Å². The van der Waals surface area contributed by atoms with Crippen LogP contribution in [0.25, 0.3) is 0 Å². The van der Waals surface area contributed by atoms with Crippen LogP contribution in [-0.2, 0) is 4.79 Å². The van der Waals surface area contributed by atoms with E-state index >= 15 is 0 Å². The normalized spacial score (nSPS) is 16.4. The van der Waals surface area contributed by atoms with Gasteiger partial charge in [-0.1, -0.05) is 51.1 Å². The molecule has 2 rings (SSSR count). The highest BCUT2D eigenvalue weighted by Gasteiger charge is 2.27. The van der Waals surface area contributed by atoms with Crippen molar-refractivity contribution in [1.29, 1.82) is 0 Å². The van der Waals surface area contributed by atoms with E-state index in [0.717, 1.165) is 31.7 Å². The van der Waals surface area contributed by atoms with Crippen LogP contribution >= 0.6 is 11.6 Å². The Morgan fingerprint density at radius 3 is 2.37 bits per heavy atom.